The Morgan fingerprint density at radius 2 is 2.20 bits per heavy atom. The van der Waals surface area contributed by atoms with Gasteiger partial charge in [0, 0.05) is 10.0 Å². The number of benzene rings is 1. The smallest absolute Gasteiger partial charge is 0.208 e. The summed E-state index contributed by atoms with van der Waals surface area (Å²) in [6, 6.07) is 9.64. The van der Waals surface area contributed by atoms with E-state index in [1.165, 1.54) is 6.26 Å². The lowest BCUT2D eigenvalue weighted by Crippen LogP contribution is -1.85. The van der Waals surface area contributed by atoms with Crippen molar-refractivity contribution < 1.29 is 4.42 Å². The normalized spacial score (nSPS) is 9.87. The number of hydrogen-bond acceptors (Lipinski definition) is 3. The van der Waals surface area contributed by atoms with Gasteiger partial charge in [-0.15, -0.1) is 0 Å². The van der Waals surface area contributed by atoms with E-state index in [2.05, 4.69) is 15.9 Å². The van der Waals surface area contributed by atoms with Gasteiger partial charge in [0.25, 0.3) is 0 Å². The maximum Gasteiger partial charge on any atom is 0.208 e. The Hall–Kier alpha value is -1.73. The SMILES string of the molecule is N#Cc1c(-c2cccc(Br)c2)coc1N. The fourth-order valence-electron chi connectivity index (χ4n) is 1.36. The molecule has 3 nitrogen and oxygen atoms in total. The Bertz CT molecular complexity index is 540. The standard InChI is InChI=1S/C11H7BrN2O/c12-8-3-1-2-7(4-8)10-6-15-11(14)9(10)5-13/h1-4,6H,14H2. The second-order valence-corrected chi connectivity index (χ2v) is 3.93. The molecule has 4 heteroatoms. The van der Waals surface area contributed by atoms with E-state index < -0.39 is 0 Å². The van der Waals surface area contributed by atoms with Crippen molar-refractivity contribution >= 4 is 21.8 Å². The molecular weight excluding hydrogens is 256 g/mol. The van der Waals surface area contributed by atoms with Gasteiger partial charge >= 0.3 is 0 Å². The van der Waals surface area contributed by atoms with Crippen LogP contribution in [0.4, 0.5) is 5.88 Å². The highest BCUT2D eigenvalue weighted by molar-refractivity contribution is 9.10. The largest absolute Gasteiger partial charge is 0.447 e. The molecule has 1 heterocycles. The third-order valence-electron chi connectivity index (χ3n) is 2.07. The number of nitrogens with two attached hydrogens (primary N) is 1. The molecule has 0 unspecified atom stereocenters. The van der Waals surface area contributed by atoms with E-state index in [0.29, 0.717) is 5.56 Å². The van der Waals surface area contributed by atoms with Gasteiger partial charge in [-0.05, 0) is 17.7 Å². The summed E-state index contributed by atoms with van der Waals surface area (Å²) in [6.07, 6.45) is 1.50. The van der Waals surface area contributed by atoms with Crippen molar-refractivity contribution in [3.63, 3.8) is 0 Å². The predicted octanol–water partition coefficient (Wildman–Crippen LogP) is 3.16. The molecular formula is C11H7BrN2O. The monoisotopic (exact) mass is 262 g/mol. The van der Waals surface area contributed by atoms with Crippen molar-refractivity contribution in [1.82, 2.24) is 0 Å². The highest BCUT2D eigenvalue weighted by Crippen LogP contribution is 2.30. The van der Waals surface area contributed by atoms with E-state index >= 15 is 0 Å². The molecule has 0 atom stereocenters. The van der Waals surface area contributed by atoms with Crippen molar-refractivity contribution in [3.8, 4) is 17.2 Å². The van der Waals surface area contributed by atoms with Crippen LogP contribution in [-0.2, 0) is 0 Å². The molecule has 0 aliphatic heterocycles. The van der Waals surface area contributed by atoms with Crippen molar-refractivity contribution in [3.05, 3.63) is 40.6 Å². The fraction of sp³-hybridized carbons (Fsp3) is 0. The summed E-state index contributed by atoms with van der Waals surface area (Å²) in [4.78, 5) is 0. The quantitative estimate of drug-likeness (QED) is 0.859. The van der Waals surface area contributed by atoms with Crippen molar-refractivity contribution in [2.45, 2.75) is 0 Å². The maximum atomic E-state index is 8.92. The molecule has 0 aliphatic rings. The van der Waals surface area contributed by atoms with Crippen LogP contribution in [0.5, 0.6) is 0 Å². The summed E-state index contributed by atoms with van der Waals surface area (Å²) >= 11 is 3.37. The molecule has 1 aromatic carbocycles. The zero-order chi connectivity index (χ0) is 10.8. The van der Waals surface area contributed by atoms with Gasteiger partial charge in [0.2, 0.25) is 5.88 Å². The minimum atomic E-state index is 0.160. The number of rotatable bonds is 1. The molecule has 15 heavy (non-hydrogen) atoms. The molecule has 0 saturated heterocycles. The first-order chi connectivity index (χ1) is 7.22. The van der Waals surface area contributed by atoms with E-state index in [9.17, 15) is 0 Å². The Morgan fingerprint density at radius 3 is 2.87 bits per heavy atom. The zero-order valence-corrected chi connectivity index (χ0v) is 9.28. The topological polar surface area (TPSA) is 63.0 Å². The number of anilines is 1. The van der Waals surface area contributed by atoms with Crippen molar-refractivity contribution in [1.29, 1.82) is 5.26 Å². The zero-order valence-electron chi connectivity index (χ0n) is 7.70. The molecule has 0 radical (unpaired) electrons. The molecule has 2 aromatic rings. The number of nitriles is 1. The van der Waals surface area contributed by atoms with E-state index in [0.717, 1.165) is 15.6 Å². The van der Waals surface area contributed by atoms with Crippen LogP contribution in [-0.4, -0.2) is 0 Å². The van der Waals surface area contributed by atoms with Crippen LogP contribution in [0.15, 0.2) is 39.4 Å². The van der Waals surface area contributed by atoms with Crippen LogP contribution < -0.4 is 5.73 Å². The average molecular weight is 263 g/mol. The highest BCUT2D eigenvalue weighted by atomic mass is 79.9. The van der Waals surface area contributed by atoms with Crippen LogP contribution in [0.25, 0.3) is 11.1 Å². The summed E-state index contributed by atoms with van der Waals surface area (Å²) in [6.45, 7) is 0. The predicted molar refractivity (Wildman–Crippen MR) is 61.0 cm³/mol. The first kappa shape index (κ1) is 9.81. The molecule has 0 spiro atoms. The lowest BCUT2D eigenvalue weighted by molar-refractivity contribution is 0.588. The van der Waals surface area contributed by atoms with Crippen LogP contribution in [0.2, 0.25) is 0 Å². The third kappa shape index (κ3) is 1.74. The molecule has 0 amide bonds. The van der Waals surface area contributed by atoms with Gasteiger partial charge in [0.1, 0.15) is 17.9 Å². The molecule has 0 aliphatic carbocycles. The lowest BCUT2D eigenvalue weighted by atomic mass is 10.1. The van der Waals surface area contributed by atoms with Gasteiger partial charge in [-0.3, -0.25) is 0 Å². The Morgan fingerprint density at radius 1 is 1.40 bits per heavy atom. The minimum absolute atomic E-state index is 0.160. The van der Waals surface area contributed by atoms with E-state index in [1.54, 1.807) is 0 Å². The van der Waals surface area contributed by atoms with Gasteiger partial charge in [0.15, 0.2) is 0 Å². The van der Waals surface area contributed by atoms with Crippen molar-refractivity contribution in [2.75, 3.05) is 5.73 Å². The summed E-state index contributed by atoms with van der Waals surface area (Å²) in [7, 11) is 0. The Kier molecular flexibility index (Phi) is 2.48. The number of nitrogen functional groups attached to an aromatic ring is 1. The second kappa shape index (κ2) is 3.79. The molecule has 2 rings (SSSR count). The molecule has 0 bridgehead atoms. The third-order valence-corrected chi connectivity index (χ3v) is 2.56. The highest BCUT2D eigenvalue weighted by Gasteiger charge is 2.12. The molecule has 0 saturated carbocycles. The summed E-state index contributed by atoms with van der Waals surface area (Å²) in [5, 5.41) is 8.92. The minimum Gasteiger partial charge on any atom is -0.447 e. The Balaban J connectivity index is 2.60. The van der Waals surface area contributed by atoms with E-state index in [1.807, 2.05) is 30.3 Å². The first-order valence-corrected chi connectivity index (χ1v) is 5.04. The van der Waals surface area contributed by atoms with Crippen LogP contribution in [0.1, 0.15) is 5.56 Å². The first-order valence-electron chi connectivity index (χ1n) is 4.25. The van der Waals surface area contributed by atoms with Gasteiger partial charge < -0.3 is 10.2 Å². The average Bonchev–Trinajstić information content (AvgIpc) is 2.59. The second-order valence-electron chi connectivity index (χ2n) is 3.01. The van der Waals surface area contributed by atoms with E-state index in [-0.39, 0.29) is 5.88 Å². The Labute approximate surface area is 95.2 Å². The van der Waals surface area contributed by atoms with E-state index in [4.69, 9.17) is 15.4 Å². The molecule has 0 fully saturated rings. The number of nitrogens with zero attached hydrogens (tertiary/aromatic N) is 1. The lowest BCUT2D eigenvalue weighted by Gasteiger charge is -1.98. The number of hydrogen-bond donors (Lipinski definition) is 1. The fourth-order valence-corrected chi connectivity index (χ4v) is 1.76. The molecule has 1 aromatic heterocycles. The maximum absolute atomic E-state index is 8.92. The molecule has 2 N–H and O–H groups in total. The summed E-state index contributed by atoms with van der Waals surface area (Å²) in [5.41, 5.74) is 7.53. The summed E-state index contributed by atoms with van der Waals surface area (Å²) in [5.74, 6) is 0.160. The molecule has 74 valence electrons. The van der Waals surface area contributed by atoms with Gasteiger partial charge in [-0.25, -0.2) is 0 Å². The van der Waals surface area contributed by atoms with Gasteiger partial charge in [0.05, 0.1) is 0 Å². The van der Waals surface area contributed by atoms with Crippen LogP contribution >= 0.6 is 15.9 Å². The van der Waals surface area contributed by atoms with Crippen LogP contribution in [0, 0.1) is 11.3 Å². The number of halogens is 1. The number of furan rings is 1. The summed E-state index contributed by atoms with van der Waals surface area (Å²) < 4.78 is 5.97. The van der Waals surface area contributed by atoms with Crippen LogP contribution in [0.3, 0.4) is 0 Å². The van der Waals surface area contributed by atoms with Gasteiger partial charge in [-0.1, -0.05) is 28.1 Å². The van der Waals surface area contributed by atoms with Crippen molar-refractivity contribution in [2.24, 2.45) is 0 Å². The van der Waals surface area contributed by atoms with Gasteiger partial charge in [-0.2, -0.15) is 5.26 Å².